The fourth-order valence-electron chi connectivity index (χ4n) is 3.10. The molecule has 1 aromatic carbocycles. The fourth-order valence-corrected chi connectivity index (χ4v) is 3.59. The average Bonchev–Trinajstić information content (AvgIpc) is 3.01. The Morgan fingerprint density at radius 2 is 2.00 bits per heavy atom. The van der Waals surface area contributed by atoms with Gasteiger partial charge < -0.3 is 15.3 Å². The van der Waals surface area contributed by atoms with Crippen molar-refractivity contribution in [1.29, 1.82) is 5.26 Å². The standard InChI is InChI=1S/C19H26N4O3S/c1-19(2,3)16(22-27)18(26)23-11-14(24)8-15(23)17(25)21-10-13-6-4-12(9-20)5-7-13/h4-7,14-16,22,24,27H,8,10-11H2,1-3H3,(H,21,25)/t14-,15?,16?/m1/s1. The molecular weight excluding hydrogens is 364 g/mol. The Morgan fingerprint density at radius 1 is 1.37 bits per heavy atom. The third-order valence-corrected chi connectivity index (χ3v) is 4.91. The highest BCUT2D eigenvalue weighted by Crippen LogP contribution is 2.26. The lowest BCUT2D eigenvalue weighted by molar-refractivity contribution is -0.141. The van der Waals surface area contributed by atoms with E-state index in [2.05, 4.69) is 22.9 Å². The topological polar surface area (TPSA) is 105 Å². The molecule has 1 saturated heterocycles. The lowest BCUT2D eigenvalue weighted by Crippen LogP contribution is -2.54. The van der Waals surface area contributed by atoms with Crippen molar-refractivity contribution in [3.05, 3.63) is 35.4 Å². The molecule has 0 spiro atoms. The van der Waals surface area contributed by atoms with E-state index >= 15 is 0 Å². The van der Waals surface area contributed by atoms with Gasteiger partial charge in [0, 0.05) is 19.5 Å². The van der Waals surface area contributed by atoms with Crippen molar-refractivity contribution >= 4 is 24.6 Å². The molecule has 0 aliphatic carbocycles. The van der Waals surface area contributed by atoms with Gasteiger partial charge in [0.15, 0.2) is 0 Å². The molecule has 1 aliphatic rings. The summed E-state index contributed by atoms with van der Waals surface area (Å²) >= 11 is 4.07. The van der Waals surface area contributed by atoms with E-state index in [0.29, 0.717) is 5.56 Å². The maximum Gasteiger partial charge on any atom is 0.243 e. The molecule has 0 saturated carbocycles. The molecule has 8 heteroatoms. The van der Waals surface area contributed by atoms with Crippen LogP contribution < -0.4 is 10.0 Å². The van der Waals surface area contributed by atoms with Crippen LogP contribution in [0.5, 0.6) is 0 Å². The predicted molar refractivity (Wildman–Crippen MR) is 104 cm³/mol. The summed E-state index contributed by atoms with van der Waals surface area (Å²) in [6.45, 7) is 6.13. The fraction of sp³-hybridized carbons (Fsp3) is 0.526. The zero-order valence-corrected chi connectivity index (χ0v) is 16.7. The van der Waals surface area contributed by atoms with Gasteiger partial charge in [0.1, 0.15) is 12.1 Å². The first kappa shape index (κ1) is 21.2. The van der Waals surface area contributed by atoms with Gasteiger partial charge in [0.05, 0.1) is 17.7 Å². The number of aliphatic hydroxyl groups excluding tert-OH is 1. The Kier molecular flexibility index (Phi) is 6.87. The average molecular weight is 391 g/mol. The van der Waals surface area contributed by atoms with Crippen LogP contribution in [-0.2, 0) is 16.1 Å². The van der Waals surface area contributed by atoms with Crippen molar-refractivity contribution in [3.63, 3.8) is 0 Å². The van der Waals surface area contributed by atoms with E-state index in [1.165, 1.54) is 4.90 Å². The van der Waals surface area contributed by atoms with Gasteiger partial charge in [-0.25, -0.2) is 0 Å². The molecule has 2 amide bonds. The summed E-state index contributed by atoms with van der Waals surface area (Å²) in [5, 5.41) is 21.7. The lowest BCUT2D eigenvalue weighted by Gasteiger charge is -2.34. The molecule has 1 fully saturated rings. The summed E-state index contributed by atoms with van der Waals surface area (Å²) in [4.78, 5) is 27.0. The number of nitrogens with zero attached hydrogens (tertiary/aromatic N) is 2. The molecule has 146 valence electrons. The van der Waals surface area contributed by atoms with E-state index < -0.39 is 23.6 Å². The van der Waals surface area contributed by atoms with Crippen LogP contribution in [0.15, 0.2) is 24.3 Å². The molecule has 3 N–H and O–H groups in total. The molecule has 27 heavy (non-hydrogen) atoms. The zero-order chi connectivity index (χ0) is 20.2. The number of hydrogen-bond donors (Lipinski definition) is 4. The van der Waals surface area contributed by atoms with Gasteiger partial charge in [-0.15, -0.1) is 0 Å². The molecule has 3 atom stereocenters. The third kappa shape index (κ3) is 5.22. The van der Waals surface area contributed by atoms with Crippen molar-refractivity contribution in [2.75, 3.05) is 6.54 Å². The maximum absolute atomic E-state index is 12.9. The van der Waals surface area contributed by atoms with E-state index in [4.69, 9.17) is 5.26 Å². The summed E-state index contributed by atoms with van der Waals surface area (Å²) in [5.41, 5.74) is 1.01. The second-order valence-corrected chi connectivity index (χ2v) is 8.11. The van der Waals surface area contributed by atoms with Gasteiger partial charge in [-0.1, -0.05) is 45.7 Å². The molecule has 0 bridgehead atoms. The van der Waals surface area contributed by atoms with E-state index in [0.717, 1.165) is 5.56 Å². The summed E-state index contributed by atoms with van der Waals surface area (Å²) in [5.74, 6) is -0.566. The van der Waals surface area contributed by atoms with E-state index in [1.54, 1.807) is 24.3 Å². The number of aliphatic hydroxyl groups is 1. The second-order valence-electron chi connectivity index (χ2n) is 7.85. The molecule has 2 unspecified atom stereocenters. The van der Waals surface area contributed by atoms with Gasteiger partial charge in [-0.3, -0.25) is 14.3 Å². The number of nitriles is 1. The number of β-amino-alcohol motifs (C(OH)–C–C–N with tert-alkyl or cyclic N) is 1. The van der Waals surface area contributed by atoms with Crippen LogP contribution in [0, 0.1) is 16.7 Å². The summed E-state index contributed by atoms with van der Waals surface area (Å²) in [6, 6.07) is 7.64. The number of benzene rings is 1. The molecule has 1 aromatic rings. The van der Waals surface area contributed by atoms with Crippen molar-refractivity contribution in [2.24, 2.45) is 5.41 Å². The first-order chi connectivity index (χ1) is 12.7. The highest BCUT2D eigenvalue weighted by Gasteiger charge is 2.43. The Bertz CT molecular complexity index is 724. The van der Waals surface area contributed by atoms with Crippen LogP contribution in [0.2, 0.25) is 0 Å². The van der Waals surface area contributed by atoms with Crippen LogP contribution in [0.3, 0.4) is 0 Å². The zero-order valence-electron chi connectivity index (χ0n) is 15.8. The van der Waals surface area contributed by atoms with E-state index in [1.807, 2.05) is 26.8 Å². The highest BCUT2D eigenvalue weighted by atomic mass is 32.1. The van der Waals surface area contributed by atoms with Gasteiger partial charge in [0.2, 0.25) is 11.8 Å². The summed E-state index contributed by atoms with van der Waals surface area (Å²) in [7, 11) is 0. The minimum atomic E-state index is -0.736. The second kappa shape index (κ2) is 8.74. The first-order valence-electron chi connectivity index (χ1n) is 8.82. The van der Waals surface area contributed by atoms with Crippen molar-refractivity contribution < 1.29 is 14.7 Å². The Balaban J connectivity index is 2.06. The molecule has 0 aromatic heterocycles. The maximum atomic E-state index is 12.9. The largest absolute Gasteiger partial charge is 0.391 e. The number of thiol groups is 1. The van der Waals surface area contributed by atoms with Gasteiger partial charge in [-0.2, -0.15) is 5.26 Å². The van der Waals surface area contributed by atoms with Gasteiger partial charge in [-0.05, 0) is 23.1 Å². The van der Waals surface area contributed by atoms with Gasteiger partial charge in [0.25, 0.3) is 0 Å². The Labute approximate surface area is 165 Å². The lowest BCUT2D eigenvalue weighted by atomic mass is 9.86. The van der Waals surface area contributed by atoms with Crippen LogP contribution in [0.25, 0.3) is 0 Å². The molecule has 7 nitrogen and oxygen atoms in total. The molecule has 1 heterocycles. The number of hydrogen-bond acceptors (Lipinski definition) is 6. The van der Waals surface area contributed by atoms with E-state index in [9.17, 15) is 14.7 Å². The van der Waals surface area contributed by atoms with Crippen LogP contribution in [0.4, 0.5) is 0 Å². The van der Waals surface area contributed by atoms with Crippen LogP contribution >= 0.6 is 12.8 Å². The van der Waals surface area contributed by atoms with Crippen molar-refractivity contribution in [1.82, 2.24) is 14.9 Å². The predicted octanol–water partition coefficient (Wildman–Crippen LogP) is 0.985. The van der Waals surface area contributed by atoms with Crippen molar-refractivity contribution in [3.8, 4) is 6.07 Å². The van der Waals surface area contributed by atoms with Gasteiger partial charge >= 0.3 is 0 Å². The molecule has 0 radical (unpaired) electrons. The van der Waals surface area contributed by atoms with Crippen LogP contribution in [0.1, 0.15) is 38.3 Å². The Morgan fingerprint density at radius 3 is 2.52 bits per heavy atom. The smallest absolute Gasteiger partial charge is 0.243 e. The summed E-state index contributed by atoms with van der Waals surface area (Å²) < 4.78 is 2.73. The van der Waals surface area contributed by atoms with Crippen molar-refractivity contribution in [2.45, 2.75) is 51.9 Å². The van der Waals surface area contributed by atoms with E-state index in [-0.39, 0.29) is 31.3 Å². The number of carbonyl (C=O) groups excluding carboxylic acids is 2. The first-order valence-corrected chi connectivity index (χ1v) is 9.27. The SMILES string of the molecule is CC(C)(C)C(NS)C(=O)N1C[C@H](O)CC1C(=O)NCc1ccc(C#N)cc1. The monoisotopic (exact) mass is 390 g/mol. The molecule has 2 rings (SSSR count). The highest BCUT2D eigenvalue weighted by molar-refractivity contribution is 7.78. The number of likely N-dealkylation sites (tertiary alicyclic amines) is 1. The minimum absolute atomic E-state index is 0.121. The number of amides is 2. The number of nitrogens with one attached hydrogen (secondary N) is 2. The third-order valence-electron chi connectivity index (χ3n) is 4.66. The minimum Gasteiger partial charge on any atom is -0.391 e. The molecule has 1 aliphatic heterocycles. The summed E-state index contributed by atoms with van der Waals surface area (Å²) in [6.07, 6.45) is -0.533. The van der Waals surface area contributed by atoms with Crippen LogP contribution in [-0.4, -0.2) is 46.6 Å². The molecular formula is C19H26N4O3S. The normalized spacial score (nSPS) is 20.8. The Hall–Kier alpha value is -2.08. The number of carbonyl (C=O) groups is 2. The quantitative estimate of drug-likeness (QED) is 0.561. The number of rotatable bonds is 5.